The lowest BCUT2D eigenvalue weighted by molar-refractivity contribution is -0.366. The molecule has 0 saturated carbocycles. The van der Waals surface area contributed by atoms with Gasteiger partial charge >= 0.3 is 71.3 Å². The van der Waals surface area contributed by atoms with Gasteiger partial charge in [-0.05, 0) is 18.2 Å². The van der Waals surface area contributed by atoms with Crippen LogP contribution in [0.2, 0.25) is 0 Å². The number of carbonyl (C=O) groups excluding carboxylic acids is 2. The van der Waals surface area contributed by atoms with Gasteiger partial charge in [-0.15, -0.1) is 0 Å². The van der Waals surface area contributed by atoms with E-state index in [4.69, 9.17) is 0 Å². The number of anilines is 2. The summed E-state index contributed by atoms with van der Waals surface area (Å²) in [7, 11) is 0. The largest absolute Gasteiger partial charge is 0.428 e. The van der Waals surface area contributed by atoms with Crippen LogP contribution in [0.1, 0.15) is 0 Å². The Morgan fingerprint density at radius 1 is 0.548 bits per heavy atom. The minimum atomic E-state index is -7.09. The topological polar surface area (TPSA) is 76.7 Å². The maximum atomic E-state index is 14.3. The average Bonchev–Trinajstić information content (AvgIpc) is 2.98. The Bertz CT molecular complexity index is 1210. The third-order valence-electron chi connectivity index (χ3n) is 5.62. The van der Waals surface area contributed by atoms with Crippen molar-refractivity contribution >= 4 is 23.2 Å². The van der Waals surface area contributed by atoms with Crippen LogP contribution in [0.25, 0.3) is 0 Å². The second-order valence-electron chi connectivity index (χ2n) is 8.36. The van der Waals surface area contributed by atoms with Gasteiger partial charge < -0.3 is 10.6 Å². The summed E-state index contributed by atoms with van der Waals surface area (Å²) in [5, 5.41) is 1.48. The van der Waals surface area contributed by atoms with Gasteiger partial charge in [0.1, 0.15) is 0 Å². The molecule has 0 aromatic heterocycles. The second kappa shape index (κ2) is 8.69. The standard InChI is InChI=1S/C18H6F18N2O4/c19-9(20,15(31)11(23,24)13(27,28)17(33,34)41-15)7(39)37-5-2-1-3-6(4-5)38-8(40)10(21,22)16(32)12(25,26)14(29,30)18(35,36)42-16/h1-4H,(H,37,39)(H,38,40)/t15-,16-/m0/s1. The molecule has 238 valence electrons. The zero-order valence-electron chi connectivity index (χ0n) is 18.7. The summed E-state index contributed by atoms with van der Waals surface area (Å²) < 4.78 is 249. The smallest absolute Gasteiger partial charge is 0.321 e. The Hall–Kier alpha value is -3.18. The fourth-order valence-electron chi connectivity index (χ4n) is 3.29. The molecule has 2 aliphatic heterocycles. The number of hydrogen-bond acceptors (Lipinski definition) is 4. The van der Waals surface area contributed by atoms with Gasteiger partial charge in [-0.25, -0.2) is 0 Å². The first-order chi connectivity index (χ1) is 18.4. The van der Waals surface area contributed by atoms with Crippen molar-refractivity contribution in [3.63, 3.8) is 0 Å². The summed E-state index contributed by atoms with van der Waals surface area (Å²) >= 11 is 0. The van der Waals surface area contributed by atoms with Crippen LogP contribution >= 0.6 is 0 Å². The highest BCUT2D eigenvalue weighted by Gasteiger charge is 2.97. The highest BCUT2D eigenvalue weighted by molar-refractivity contribution is 6.00. The van der Waals surface area contributed by atoms with Crippen LogP contribution in [-0.2, 0) is 19.1 Å². The minimum Gasteiger partial charge on any atom is -0.321 e. The van der Waals surface area contributed by atoms with Gasteiger partial charge in [-0.1, -0.05) is 6.07 Å². The molecular formula is C18H6F18N2O4. The van der Waals surface area contributed by atoms with Crippen molar-refractivity contribution < 1.29 is 98.1 Å². The summed E-state index contributed by atoms with van der Waals surface area (Å²) in [5.41, 5.74) is -2.75. The number of alkyl halides is 18. The lowest BCUT2D eigenvalue weighted by Crippen LogP contribution is -2.63. The SMILES string of the molecule is O=C(Nc1cccc(NC(=O)C(F)(F)[C@]2(F)OC(F)(F)C(F)(F)C2(F)F)c1)C(F)(F)[C@]1(F)OC(F)(F)C(F)(F)C1(F)F. The van der Waals surface area contributed by atoms with Crippen molar-refractivity contribution in [3.05, 3.63) is 24.3 Å². The molecule has 3 rings (SSSR count). The first-order valence-electron chi connectivity index (χ1n) is 9.95. The molecule has 2 heterocycles. The molecule has 0 aliphatic carbocycles. The molecule has 2 saturated heterocycles. The number of nitrogens with one attached hydrogen (secondary N) is 2. The lowest BCUT2D eigenvalue weighted by atomic mass is 9.99. The Balaban J connectivity index is 1.87. The summed E-state index contributed by atoms with van der Waals surface area (Å²) in [4.78, 5) is 23.5. The molecule has 0 unspecified atom stereocenters. The van der Waals surface area contributed by atoms with Crippen molar-refractivity contribution in [2.75, 3.05) is 10.6 Å². The molecule has 1 aromatic carbocycles. The zero-order valence-corrected chi connectivity index (χ0v) is 18.7. The molecule has 2 fully saturated rings. The molecule has 6 nitrogen and oxygen atoms in total. The van der Waals surface area contributed by atoms with Gasteiger partial charge in [-0.2, -0.15) is 79.0 Å². The van der Waals surface area contributed by atoms with Crippen molar-refractivity contribution in [1.82, 2.24) is 0 Å². The molecule has 24 heteroatoms. The zero-order chi connectivity index (χ0) is 33.0. The van der Waals surface area contributed by atoms with Crippen LogP contribution in [0.5, 0.6) is 0 Å². The van der Waals surface area contributed by atoms with E-state index in [2.05, 4.69) is 9.47 Å². The molecule has 0 radical (unpaired) electrons. The number of benzene rings is 1. The van der Waals surface area contributed by atoms with Gasteiger partial charge in [0.15, 0.2) is 0 Å². The number of ether oxygens (including phenoxy) is 2. The van der Waals surface area contributed by atoms with Crippen LogP contribution < -0.4 is 10.6 Å². The monoisotopic (exact) mass is 656 g/mol. The molecule has 1 aromatic rings. The normalized spacial score (nSPS) is 30.5. The van der Waals surface area contributed by atoms with E-state index < -0.39 is 82.7 Å². The fraction of sp³-hybridized carbons (Fsp3) is 0.556. The fourth-order valence-corrected chi connectivity index (χ4v) is 3.29. The molecule has 2 atom stereocenters. The molecular weight excluding hydrogens is 650 g/mol. The predicted molar refractivity (Wildman–Crippen MR) is 93.1 cm³/mol. The Morgan fingerprint density at radius 2 is 0.833 bits per heavy atom. The van der Waals surface area contributed by atoms with E-state index in [1.54, 1.807) is 0 Å². The molecule has 0 bridgehead atoms. The van der Waals surface area contributed by atoms with E-state index in [9.17, 15) is 88.6 Å². The number of rotatable bonds is 6. The van der Waals surface area contributed by atoms with Gasteiger partial charge in [0.05, 0.1) is 0 Å². The maximum Gasteiger partial charge on any atom is 0.428 e. The van der Waals surface area contributed by atoms with Crippen molar-refractivity contribution in [2.24, 2.45) is 0 Å². The minimum absolute atomic E-state index is 0.0640. The van der Waals surface area contributed by atoms with E-state index >= 15 is 0 Å². The Labute approximate surface area is 216 Å². The Morgan fingerprint density at radius 3 is 1.07 bits per heavy atom. The highest BCUT2D eigenvalue weighted by atomic mass is 19.4. The maximum absolute atomic E-state index is 14.3. The third kappa shape index (κ3) is 3.85. The van der Waals surface area contributed by atoms with E-state index in [1.807, 2.05) is 0 Å². The molecule has 2 N–H and O–H groups in total. The number of hydrogen-bond donors (Lipinski definition) is 2. The lowest BCUT2D eigenvalue weighted by Gasteiger charge is -2.32. The Kier molecular flexibility index (Phi) is 6.89. The molecule has 2 amide bonds. The van der Waals surface area contributed by atoms with Crippen LogP contribution in [0.4, 0.5) is 90.4 Å². The van der Waals surface area contributed by atoms with E-state index in [-0.39, 0.29) is 6.07 Å². The first-order valence-corrected chi connectivity index (χ1v) is 9.95. The number of amides is 2. The van der Waals surface area contributed by atoms with Gasteiger partial charge in [0.25, 0.3) is 0 Å². The van der Waals surface area contributed by atoms with E-state index in [0.29, 0.717) is 18.2 Å². The predicted octanol–water partition coefficient (Wildman–Crippen LogP) is 5.95. The van der Waals surface area contributed by atoms with Crippen molar-refractivity contribution in [2.45, 2.75) is 59.5 Å². The molecule has 0 spiro atoms. The van der Waals surface area contributed by atoms with Crippen LogP contribution in [0.3, 0.4) is 0 Å². The summed E-state index contributed by atoms with van der Waals surface area (Å²) in [6, 6.07) is 0.987. The van der Waals surface area contributed by atoms with Gasteiger partial charge in [0.2, 0.25) is 0 Å². The van der Waals surface area contributed by atoms with Crippen molar-refractivity contribution in [1.29, 1.82) is 0 Å². The van der Waals surface area contributed by atoms with Crippen LogP contribution in [0, 0.1) is 0 Å². The number of halogens is 18. The highest BCUT2D eigenvalue weighted by Crippen LogP contribution is 2.66. The van der Waals surface area contributed by atoms with Gasteiger partial charge in [-0.3, -0.25) is 19.1 Å². The third-order valence-corrected chi connectivity index (χ3v) is 5.62. The van der Waals surface area contributed by atoms with E-state index in [0.717, 1.165) is 10.6 Å². The summed E-state index contributed by atoms with van der Waals surface area (Å²) in [6.45, 7) is 0. The van der Waals surface area contributed by atoms with Crippen LogP contribution in [-0.4, -0.2) is 71.3 Å². The molecule has 42 heavy (non-hydrogen) atoms. The van der Waals surface area contributed by atoms with E-state index in [1.165, 1.54) is 0 Å². The first kappa shape index (κ1) is 33.3. The van der Waals surface area contributed by atoms with Crippen LogP contribution in [0.15, 0.2) is 24.3 Å². The van der Waals surface area contributed by atoms with Crippen molar-refractivity contribution in [3.8, 4) is 0 Å². The summed E-state index contributed by atoms with van der Waals surface area (Å²) in [6.07, 6.45) is -13.2. The van der Waals surface area contributed by atoms with Gasteiger partial charge in [0, 0.05) is 11.4 Å². The number of carbonyl (C=O) groups is 2. The quantitative estimate of drug-likeness (QED) is 0.372. The summed E-state index contributed by atoms with van der Waals surface area (Å²) in [5.74, 6) is -61.7. The second-order valence-corrected chi connectivity index (χ2v) is 8.36. The molecule has 2 aliphatic rings. The average molecular weight is 656 g/mol.